The maximum Gasteiger partial charge on any atom is 0.469 e. The monoisotopic (exact) mass is 815 g/mol. The number of nitrogen functional groups attached to an aromatic ring is 1. The van der Waals surface area contributed by atoms with E-state index in [1.165, 1.54) is 53.2 Å². The molecule has 6 rings (SSSR count). The Hall–Kier alpha value is -6.35. The van der Waals surface area contributed by atoms with E-state index in [0.29, 0.717) is 48.6 Å². The van der Waals surface area contributed by atoms with Gasteiger partial charge in [0.2, 0.25) is 5.91 Å². The van der Waals surface area contributed by atoms with Crippen molar-refractivity contribution in [2.24, 2.45) is 0 Å². The minimum atomic E-state index is -4.67. The maximum atomic E-state index is 13.0. The zero-order valence-electron chi connectivity index (χ0n) is 30.7. The van der Waals surface area contributed by atoms with E-state index in [-0.39, 0.29) is 82.6 Å². The number of carboxylic acid groups (broad SMARTS) is 1. The molecule has 0 spiro atoms. The molecule has 302 valence electrons. The summed E-state index contributed by atoms with van der Waals surface area (Å²) < 4.78 is 28.2. The van der Waals surface area contributed by atoms with Gasteiger partial charge in [0.25, 0.3) is 5.91 Å². The Bertz CT molecular complexity index is 2590. The van der Waals surface area contributed by atoms with Gasteiger partial charge in [-0.3, -0.25) is 23.5 Å². The summed E-state index contributed by atoms with van der Waals surface area (Å²) in [5.41, 5.74) is 6.54. The number of aromatic carboxylic acids is 1. The number of carbonyl (C=O) groups excluding carboxylic acids is 2. The van der Waals surface area contributed by atoms with Crippen LogP contribution in [0.1, 0.15) is 71.0 Å². The minimum absolute atomic E-state index is 0.0109. The summed E-state index contributed by atoms with van der Waals surface area (Å²) in [6, 6.07) is 12.9. The maximum absolute atomic E-state index is 13.0. The number of ether oxygens (including phenoxy) is 1. The topological polar surface area (TPSA) is 283 Å². The summed E-state index contributed by atoms with van der Waals surface area (Å²) in [7, 11) is -4.67. The lowest BCUT2D eigenvalue weighted by molar-refractivity contribution is -0.120. The molecule has 0 bridgehead atoms. The number of aromatic hydroxyl groups is 1. The summed E-state index contributed by atoms with van der Waals surface area (Å²) in [6.07, 6.45) is 2.61. The first kappa shape index (κ1) is 41.3. The lowest BCUT2D eigenvalue weighted by Crippen LogP contribution is -2.29. The van der Waals surface area contributed by atoms with E-state index in [9.17, 15) is 38.8 Å². The van der Waals surface area contributed by atoms with Crippen LogP contribution in [0.2, 0.25) is 0 Å². The van der Waals surface area contributed by atoms with Crippen LogP contribution in [-0.4, -0.2) is 73.1 Å². The average molecular weight is 816 g/mol. The third kappa shape index (κ3) is 10.1. The molecule has 3 aromatic rings. The average Bonchev–Trinajstić information content (AvgIpc) is 3.65. The number of carboxylic acids is 1. The highest BCUT2D eigenvalue weighted by molar-refractivity contribution is 7.46. The molecule has 1 saturated heterocycles. The summed E-state index contributed by atoms with van der Waals surface area (Å²) >= 11 is 0. The molecule has 8 N–H and O–H groups in total. The number of phenols is 1. The number of phosphoric ester groups is 1. The second-order valence-electron chi connectivity index (χ2n) is 13.3. The van der Waals surface area contributed by atoms with Gasteiger partial charge in [0.05, 0.1) is 30.4 Å². The minimum Gasteiger partial charge on any atom is -0.508 e. The predicted molar refractivity (Wildman–Crippen MR) is 208 cm³/mol. The Balaban J connectivity index is 0.974. The number of nitrogens with two attached hydrogens (primary N) is 1. The molecule has 0 radical (unpaired) electrons. The number of unbranched alkanes of at least 4 members (excludes halogenated alkanes) is 2. The molecular weight excluding hydrogens is 777 g/mol. The van der Waals surface area contributed by atoms with E-state index in [4.69, 9.17) is 24.7 Å². The predicted octanol–water partition coefficient (Wildman–Crippen LogP) is 3.35. The fraction of sp³-hybridized carbons (Fsp3) is 0.282. The number of hydrogen-bond acceptors (Lipinski definition) is 12. The van der Waals surface area contributed by atoms with Crippen LogP contribution in [0.4, 0.5) is 5.82 Å². The van der Waals surface area contributed by atoms with Crippen LogP contribution in [0.15, 0.2) is 74.8 Å². The van der Waals surface area contributed by atoms with E-state index in [2.05, 4.69) is 32.0 Å². The molecule has 2 aliphatic heterocycles. The molecule has 19 heteroatoms. The Morgan fingerprint density at radius 2 is 1.79 bits per heavy atom. The van der Waals surface area contributed by atoms with Crippen molar-refractivity contribution in [1.29, 1.82) is 0 Å². The van der Waals surface area contributed by atoms with Crippen LogP contribution in [0, 0.1) is 11.8 Å². The fourth-order valence-electron chi connectivity index (χ4n) is 6.47. The lowest BCUT2D eigenvalue weighted by atomic mass is 9.90. The fourth-order valence-corrected chi connectivity index (χ4v) is 6.83. The highest BCUT2D eigenvalue weighted by Crippen LogP contribution is 2.42. The Morgan fingerprint density at radius 3 is 2.57 bits per heavy atom. The number of rotatable bonds is 14. The first-order valence-corrected chi connectivity index (χ1v) is 19.5. The Kier molecular flexibility index (Phi) is 12.7. The zero-order chi connectivity index (χ0) is 41.6. The quantitative estimate of drug-likeness (QED) is 0.0366. The lowest BCUT2D eigenvalue weighted by Gasteiger charge is -2.17. The number of phosphoric acid groups is 1. The summed E-state index contributed by atoms with van der Waals surface area (Å²) in [5.74, 6) is 3.54. The number of nitrogens with zero attached hydrogens (tertiary/aromatic N) is 2. The smallest absolute Gasteiger partial charge is 0.469 e. The second-order valence-corrected chi connectivity index (χ2v) is 14.6. The number of anilines is 1. The van der Waals surface area contributed by atoms with Crippen molar-refractivity contribution in [1.82, 2.24) is 20.2 Å². The molecule has 3 heterocycles. The number of fused-ring (bicyclic) bond motifs is 2. The number of phenolic OH excluding ortho intramolecular Hbond substituents is 1. The van der Waals surface area contributed by atoms with E-state index >= 15 is 0 Å². The molecule has 2 aromatic carbocycles. The molecule has 1 aromatic heterocycles. The number of aromatic nitrogens is 2. The highest BCUT2D eigenvalue weighted by atomic mass is 31.2. The molecule has 58 heavy (non-hydrogen) atoms. The van der Waals surface area contributed by atoms with Crippen molar-refractivity contribution in [2.45, 2.75) is 50.9 Å². The van der Waals surface area contributed by atoms with Gasteiger partial charge >= 0.3 is 19.5 Å². The summed E-state index contributed by atoms with van der Waals surface area (Å²) in [4.78, 5) is 84.0. The molecule has 1 fully saturated rings. The van der Waals surface area contributed by atoms with Crippen LogP contribution in [0.25, 0.3) is 33.4 Å². The van der Waals surface area contributed by atoms with Gasteiger partial charge in [-0.15, -0.1) is 0 Å². The van der Waals surface area contributed by atoms with E-state index in [1.807, 2.05) is 0 Å². The molecule has 0 saturated carbocycles. The van der Waals surface area contributed by atoms with Gasteiger partial charge in [0.15, 0.2) is 5.43 Å². The van der Waals surface area contributed by atoms with Crippen LogP contribution in [0.3, 0.4) is 0 Å². The number of nitrogens with one attached hydrogen (secondary N) is 2. The Morgan fingerprint density at radius 1 is 1.00 bits per heavy atom. The molecule has 18 nitrogen and oxygen atoms in total. The second kappa shape index (κ2) is 17.8. The zero-order valence-corrected chi connectivity index (χ0v) is 31.6. The van der Waals surface area contributed by atoms with Crippen molar-refractivity contribution in [3.63, 3.8) is 0 Å². The van der Waals surface area contributed by atoms with Gasteiger partial charge in [-0.05, 0) is 67.6 Å². The first-order chi connectivity index (χ1) is 27.7. The van der Waals surface area contributed by atoms with Crippen LogP contribution < -0.4 is 27.5 Å². The number of amides is 2. The van der Waals surface area contributed by atoms with Gasteiger partial charge in [0.1, 0.15) is 29.1 Å². The molecule has 3 aliphatic rings. The van der Waals surface area contributed by atoms with Crippen LogP contribution in [-0.2, 0) is 18.6 Å². The van der Waals surface area contributed by atoms with Gasteiger partial charge in [-0.1, -0.05) is 24.3 Å². The van der Waals surface area contributed by atoms with Crippen molar-refractivity contribution in [3.05, 3.63) is 98.2 Å². The van der Waals surface area contributed by atoms with Gasteiger partial charge in [-0.25, -0.2) is 14.2 Å². The molecule has 0 unspecified atom stereocenters. The SMILES string of the molecule is Nc1nc(=O)n([C@H]2CC[C@@H](COP(=O)(O)O)O2)cc1C#CCNC(=O)CCCCCNC(=O)c1ccc(-c2c3ccc(=O)cc-3oc3cc(O)ccc23)c(C(=O)O)c1. The van der Waals surface area contributed by atoms with Gasteiger partial charge in [0, 0.05) is 53.4 Å². The molecular formula is C39H38N5O13P. The third-order valence-corrected chi connectivity index (χ3v) is 9.71. The highest BCUT2D eigenvalue weighted by Gasteiger charge is 2.30. The summed E-state index contributed by atoms with van der Waals surface area (Å²) in [6.45, 7) is -0.0826. The normalized spacial score (nSPS) is 15.2. The van der Waals surface area contributed by atoms with Crippen molar-refractivity contribution in [3.8, 4) is 40.0 Å². The van der Waals surface area contributed by atoms with Gasteiger partial charge < -0.3 is 45.5 Å². The van der Waals surface area contributed by atoms with Crippen molar-refractivity contribution < 1.29 is 52.6 Å². The first-order valence-electron chi connectivity index (χ1n) is 18.0. The molecule has 2 atom stereocenters. The Labute approximate surface area is 329 Å². The van der Waals surface area contributed by atoms with E-state index in [0.717, 1.165) is 0 Å². The van der Waals surface area contributed by atoms with E-state index < -0.39 is 37.7 Å². The van der Waals surface area contributed by atoms with Crippen LogP contribution >= 0.6 is 7.82 Å². The number of carbonyl (C=O) groups is 3. The van der Waals surface area contributed by atoms with Crippen molar-refractivity contribution >= 4 is 42.4 Å². The standard InChI is InChI=1S/C39H38N5O13P/c40-36-23(20-44(39(51)43-36)34-14-10-26(56-34)21-55-58(52,53)54)5-4-16-41-33(47)6-2-1-3-15-42-37(48)22-7-11-27(30(17-22)38(49)50)35-28-12-8-24(45)18-31(28)57-32-19-25(46)9-13-29(32)35/h7-9,11-13,17-20,26,34,45H,1-3,6,10,14-16,21H2,(H,41,47)(H,42,48)(H,49,50)(H2,40,43,51)(H2,52,53,54)/t26-,34+/m0/s1. The number of benzene rings is 3. The van der Waals surface area contributed by atoms with E-state index in [1.54, 1.807) is 12.1 Å². The molecule has 1 aliphatic carbocycles. The van der Waals surface area contributed by atoms with Crippen LogP contribution in [0.5, 0.6) is 5.75 Å². The third-order valence-electron chi connectivity index (χ3n) is 9.23. The largest absolute Gasteiger partial charge is 0.508 e. The number of hydrogen-bond donors (Lipinski definition) is 7. The molecule has 2 amide bonds. The van der Waals surface area contributed by atoms with Crippen molar-refractivity contribution in [2.75, 3.05) is 25.4 Å². The summed E-state index contributed by atoms with van der Waals surface area (Å²) in [5, 5.41) is 26.2. The van der Waals surface area contributed by atoms with Gasteiger partial charge in [-0.2, -0.15) is 4.98 Å².